The second-order valence-corrected chi connectivity index (χ2v) is 4.53. The molecule has 1 atom stereocenters. The highest BCUT2D eigenvalue weighted by Gasteiger charge is 2.23. The lowest BCUT2D eigenvalue weighted by molar-refractivity contribution is -0.143. The molecular formula is C13H18N4O4. The fraction of sp³-hybridized carbons (Fsp3) is 0.385. The van der Waals surface area contributed by atoms with E-state index in [0.29, 0.717) is 13.0 Å². The van der Waals surface area contributed by atoms with E-state index in [0.717, 1.165) is 5.69 Å². The molecule has 0 fully saturated rings. The molecule has 0 aromatic carbocycles. The fourth-order valence-corrected chi connectivity index (χ4v) is 1.50. The van der Waals surface area contributed by atoms with Gasteiger partial charge in [0.15, 0.2) is 0 Å². The van der Waals surface area contributed by atoms with Gasteiger partial charge in [-0.05, 0) is 6.92 Å². The van der Waals surface area contributed by atoms with E-state index in [4.69, 9.17) is 5.11 Å². The maximum absolute atomic E-state index is 11.7. The third-order valence-corrected chi connectivity index (χ3v) is 2.65. The summed E-state index contributed by atoms with van der Waals surface area (Å²) < 4.78 is 0. The van der Waals surface area contributed by atoms with E-state index < -0.39 is 23.8 Å². The first-order chi connectivity index (χ1) is 9.90. The predicted molar refractivity (Wildman–Crippen MR) is 74.3 cm³/mol. The number of carboxylic acid groups (broad SMARTS) is 1. The van der Waals surface area contributed by atoms with Crippen molar-refractivity contribution in [3.05, 3.63) is 30.4 Å². The zero-order valence-corrected chi connectivity index (χ0v) is 11.7. The molecule has 0 aliphatic carbocycles. The number of carboxylic acids is 1. The van der Waals surface area contributed by atoms with Crippen molar-refractivity contribution < 1.29 is 19.5 Å². The Morgan fingerprint density at radius 2 is 2.19 bits per heavy atom. The van der Waals surface area contributed by atoms with Crippen LogP contribution in [-0.2, 0) is 20.8 Å². The van der Waals surface area contributed by atoms with E-state index in [9.17, 15) is 14.4 Å². The van der Waals surface area contributed by atoms with E-state index in [1.807, 2.05) is 0 Å². The van der Waals surface area contributed by atoms with Gasteiger partial charge in [0.1, 0.15) is 6.04 Å². The van der Waals surface area contributed by atoms with Gasteiger partial charge in [0.25, 0.3) is 0 Å². The number of hydrogen-bond acceptors (Lipinski definition) is 4. The summed E-state index contributed by atoms with van der Waals surface area (Å²) in [6.45, 7) is 5.22. The first-order valence-corrected chi connectivity index (χ1v) is 6.33. The third-order valence-electron chi connectivity index (χ3n) is 2.65. The van der Waals surface area contributed by atoms with Gasteiger partial charge in [-0.25, -0.2) is 9.78 Å². The molecule has 2 amide bonds. The van der Waals surface area contributed by atoms with Gasteiger partial charge in [-0.3, -0.25) is 9.59 Å². The number of amides is 2. The van der Waals surface area contributed by atoms with Crippen molar-refractivity contribution in [2.75, 3.05) is 6.54 Å². The highest BCUT2D eigenvalue weighted by Crippen LogP contribution is 1.97. The van der Waals surface area contributed by atoms with Crippen LogP contribution in [0.5, 0.6) is 0 Å². The van der Waals surface area contributed by atoms with Crippen molar-refractivity contribution in [3.63, 3.8) is 0 Å². The topological polar surface area (TPSA) is 124 Å². The molecule has 0 bridgehead atoms. The second-order valence-electron chi connectivity index (χ2n) is 4.53. The number of imidazole rings is 1. The number of nitrogens with zero attached hydrogens (tertiary/aromatic N) is 1. The Balaban J connectivity index is 2.39. The maximum Gasteiger partial charge on any atom is 0.326 e. The molecule has 1 unspecified atom stereocenters. The van der Waals surface area contributed by atoms with E-state index >= 15 is 0 Å². The third kappa shape index (κ3) is 5.89. The predicted octanol–water partition coefficient (Wildman–Crippen LogP) is -0.396. The Morgan fingerprint density at radius 1 is 1.48 bits per heavy atom. The summed E-state index contributed by atoms with van der Waals surface area (Å²) in [5.41, 5.74) is 1.04. The van der Waals surface area contributed by atoms with Gasteiger partial charge in [-0.15, -0.1) is 0 Å². The second kappa shape index (κ2) is 7.83. The van der Waals surface area contributed by atoms with Crippen LogP contribution in [0.25, 0.3) is 0 Å². The lowest BCUT2D eigenvalue weighted by Crippen LogP contribution is -2.44. The summed E-state index contributed by atoms with van der Waals surface area (Å²) in [5, 5.41) is 13.8. The largest absolute Gasteiger partial charge is 0.480 e. The van der Waals surface area contributed by atoms with Crippen LogP contribution in [0.15, 0.2) is 24.7 Å². The van der Waals surface area contributed by atoms with Crippen molar-refractivity contribution in [1.82, 2.24) is 20.6 Å². The molecule has 4 N–H and O–H groups in total. The number of carbonyl (C=O) groups excluding carboxylic acids is 2. The van der Waals surface area contributed by atoms with Crippen molar-refractivity contribution >= 4 is 17.8 Å². The number of aromatic amines is 1. The first-order valence-electron chi connectivity index (χ1n) is 6.33. The molecule has 1 aromatic heterocycles. The molecule has 0 aliphatic heterocycles. The Kier molecular flexibility index (Phi) is 6.12. The molecule has 0 aliphatic rings. The minimum atomic E-state index is -1.28. The number of aliphatic carboxylic acids is 1. The van der Waals surface area contributed by atoms with Gasteiger partial charge < -0.3 is 20.7 Å². The number of aromatic nitrogens is 2. The molecule has 1 rings (SSSR count). The minimum absolute atomic E-state index is 0.181. The number of hydrogen-bond donors (Lipinski definition) is 4. The van der Waals surface area contributed by atoms with E-state index in [-0.39, 0.29) is 12.0 Å². The van der Waals surface area contributed by atoms with Crippen LogP contribution in [0, 0.1) is 0 Å². The Hall–Kier alpha value is -2.64. The zero-order chi connectivity index (χ0) is 15.8. The number of nitrogens with one attached hydrogen (secondary N) is 3. The fourth-order valence-electron chi connectivity index (χ4n) is 1.50. The minimum Gasteiger partial charge on any atom is -0.480 e. The summed E-state index contributed by atoms with van der Waals surface area (Å²) in [6.07, 6.45) is 3.39. The summed E-state index contributed by atoms with van der Waals surface area (Å²) >= 11 is 0. The van der Waals surface area contributed by atoms with Crippen LogP contribution < -0.4 is 10.6 Å². The van der Waals surface area contributed by atoms with Gasteiger partial charge in [0.05, 0.1) is 12.7 Å². The molecule has 114 valence electrons. The van der Waals surface area contributed by atoms with E-state index in [2.05, 4.69) is 27.2 Å². The van der Waals surface area contributed by atoms with Gasteiger partial charge in [0, 0.05) is 30.4 Å². The van der Waals surface area contributed by atoms with Crippen LogP contribution in [0.2, 0.25) is 0 Å². The standard InChI is InChI=1S/C13H18N4O4/c1-8(2)12(19)17-10(13(20)21)5-11(18)15-4-3-9-6-14-7-16-9/h6-7,10H,1,3-5H2,2H3,(H,14,16)(H,15,18)(H,17,19)(H,20,21). The maximum atomic E-state index is 11.7. The highest BCUT2D eigenvalue weighted by molar-refractivity contribution is 5.96. The molecule has 21 heavy (non-hydrogen) atoms. The quantitative estimate of drug-likeness (QED) is 0.486. The van der Waals surface area contributed by atoms with Crippen molar-refractivity contribution in [2.24, 2.45) is 0 Å². The molecule has 0 spiro atoms. The molecule has 1 aromatic rings. The van der Waals surface area contributed by atoms with Crippen molar-refractivity contribution in [1.29, 1.82) is 0 Å². The number of carbonyl (C=O) groups is 3. The lowest BCUT2D eigenvalue weighted by Gasteiger charge is -2.14. The monoisotopic (exact) mass is 294 g/mol. The van der Waals surface area contributed by atoms with Gasteiger partial charge in [-0.2, -0.15) is 0 Å². The van der Waals surface area contributed by atoms with Crippen LogP contribution in [-0.4, -0.2) is 45.4 Å². The zero-order valence-electron chi connectivity index (χ0n) is 11.7. The molecule has 8 heteroatoms. The summed E-state index contributed by atoms with van der Waals surface area (Å²) in [6, 6.07) is -1.28. The lowest BCUT2D eigenvalue weighted by atomic mass is 10.1. The van der Waals surface area contributed by atoms with Crippen LogP contribution in [0.4, 0.5) is 0 Å². The average molecular weight is 294 g/mol. The SMILES string of the molecule is C=C(C)C(=O)NC(CC(=O)NCCc1cnc[nH]1)C(=O)O. The van der Waals surface area contributed by atoms with E-state index in [1.54, 1.807) is 6.20 Å². The van der Waals surface area contributed by atoms with Crippen LogP contribution >= 0.6 is 0 Å². The van der Waals surface area contributed by atoms with Crippen molar-refractivity contribution in [2.45, 2.75) is 25.8 Å². The van der Waals surface area contributed by atoms with Crippen LogP contribution in [0.3, 0.4) is 0 Å². The van der Waals surface area contributed by atoms with Gasteiger partial charge in [0.2, 0.25) is 11.8 Å². The molecule has 0 radical (unpaired) electrons. The molecule has 1 heterocycles. The van der Waals surface area contributed by atoms with E-state index in [1.165, 1.54) is 13.3 Å². The first kappa shape index (κ1) is 16.4. The molecule has 0 saturated heterocycles. The Morgan fingerprint density at radius 3 is 2.71 bits per heavy atom. The molecular weight excluding hydrogens is 276 g/mol. The highest BCUT2D eigenvalue weighted by atomic mass is 16.4. The van der Waals surface area contributed by atoms with Crippen molar-refractivity contribution in [3.8, 4) is 0 Å². The Labute approximate surface area is 121 Å². The number of H-pyrrole nitrogens is 1. The summed E-state index contributed by atoms with van der Waals surface area (Å²) in [7, 11) is 0. The Bertz CT molecular complexity index is 524. The molecule has 0 saturated carbocycles. The smallest absolute Gasteiger partial charge is 0.326 e. The molecule has 8 nitrogen and oxygen atoms in total. The normalized spacial score (nSPS) is 11.5. The van der Waals surface area contributed by atoms with Crippen LogP contribution in [0.1, 0.15) is 19.0 Å². The summed E-state index contributed by atoms with van der Waals surface area (Å²) in [4.78, 5) is 40.8. The van der Waals surface area contributed by atoms with Gasteiger partial charge in [-0.1, -0.05) is 6.58 Å². The average Bonchev–Trinajstić information content (AvgIpc) is 2.90. The number of rotatable bonds is 8. The summed E-state index contributed by atoms with van der Waals surface area (Å²) in [5.74, 6) is -2.31. The van der Waals surface area contributed by atoms with Gasteiger partial charge >= 0.3 is 5.97 Å².